The number of carbonyl (C=O) groups is 1. The van der Waals surface area contributed by atoms with E-state index in [9.17, 15) is 4.79 Å². The summed E-state index contributed by atoms with van der Waals surface area (Å²) in [4.78, 5) is 11.9. The standard InChI is InChI=1S/C13H26ClNO/c1-4-7-11(8-5-2)13(16)15-10-12(14)9-6-3/h11-12H,4-10H2,1-3H3,(H,15,16). The molecule has 3 heteroatoms. The summed E-state index contributed by atoms with van der Waals surface area (Å²) in [7, 11) is 0. The lowest BCUT2D eigenvalue weighted by Crippen LogP contribution is -2.34. The topological polar surface area (TPSA) is 29.1 Å². The largest absolute Gasteiger partial charge is 0.354 e. The maximum Gasteiger partial charge on any atom is 0.223 e. The van der Waals surface area contributed by atoms with Crippen LogP contribution in [0, 0.1) is 5.92 Å². The van der Waals surface area contributed by atoms with Gasteiger partial charge in [-0.2, -0.15) is 0 Å². The van der Waals surface area contributed by atoms with Gasteiger partial charge in [0.2, 0.25) is 5.91 Å². The van der Waals surface area contributed by atoms with Gasteiger partial charge in [0.1, 0.15) is 0 Å². The van der Waals surface area contributed by atoms with Crippen LogP contribution < -0.4 is 5.32 Å². The molecule has 0 aromatic heterocycles. The van der Waals surface area contributed by atoms with E-state index in [4.69, 9.17) is 11.6 Å². The molecular weight excluding hydrogens is 222 g/mol. The molecule has 96 valence electrons. The molecule has 0 bridgehead atoms. The van der Waals surface area contributed by atoms with Crippen molar-refractivity contribution in [3.8, 4) is 0 Å². The molecule has 16 heavy (non-hydrogen) atoms. The number of rotatable bonds is 9. The Morgan fingerprint density at radius 1 is 1.06 bits per heavy atom. The number of hydrogen-bond acceptors (Lipinski definition) is 1. The number of nitrogens with one attached hydrogen (secondary N) is 1. The van der Waals surface area contributed by atoms with Crippen LogP contribution in [0.15, 0.2) is 0 Å². The van der Waals surface area contributed by atoms with Gasteiger partial charge in [-0.3, -0.25) is 4.79 Å². The molecule has 1 amide bonds. The van der Waals surface area contributed by atoms with Gasteiger partial charge in [-0.15, -0.1) is 11.6 Å². The third kappa shape index (κ3) is 7.10. The highest BCUT2D eigenvalue weighted by atomic mass is 35.5. The van der Waals surface area contributed by atoms with Crippen LogP contribution >= 0.6 is 11.6 Å². The summed E-state index contributed by atoms with van der Waals surface area (Å²) in [6, 6.07) is 0. The molecule has 0 aromatic rings. The average Bonchev–Trinajstić information content (AvgIpc) is 2.26. The van der Waals surface area contributed by atoms with E-state index in [1.807, 2.05) is 0 Å². The Balaban J connectivity index is 3.90. The second-order valence-corrected chi connectivity index (χ2v) is 5.02. The molecular formula is C13H26ClNO. The summed E-state index contributed by atoms with van der Waals surface area (Å²) in [5.74, 6) is 0.367. The van der Waals surface area contributed by atoms with E-state index < -0.39 is 0 Å². The fourth-order valence-corrected chi connectivity index (χ4v) is 2.17. The predicted octanol–water partition coefficient (Wildman–Crippen LogP) is 3.73. The lowest BCUT2D eigenvalue weighted by Gasteiger charge is -2.16. The second kappa shape index (κ2) is 9.95. The van der Waals surface area contributed by atoms with Crippen LogP contribution in [-0.2, 0) is 4.79 Å². The molecule has 0 rings (SSSR count). The van der Waals surface area contributed by atoms with Crippen LogP contribution in [0.4, 0.5) is 0 Å². The zero-order valence-electron chi connectivity index (χ0n) is 10.9. The van der Waals surface area contributed by atoms with E-state index in [0.29, 0.717) is 6.54 Å². The molecule has 1 N–H and O–H groups in total. The molecule has 0 radical (unpaired) electrons. The first-order valence-corrected chi connectivity index (χ1v) is 7.01. The molecule has 1 unspecified atom stereocenters. The van der Waals surface area contributed by atoms with Crippen molar-refractivity contribution in [2.75, 3.05) is 6.54 Å². The minimum atomic E-state index is 0.0813. The monoisotopic (exact) mass is 247 g/mol. The highest BCUT2D eigenvalue weighted by Gasteiger charge is 2.16. The highest BCUT2D eigenvalue weighted by Crippen LogP contribution is 2.13. The van der Waals surface area contributed by atoms with E-state index >= 15 is 0 Å². The Bertz CT molecular complexity index is 179. The van der Waals surface area contributed by atoms with Gasteiger partial charge in [0.25, 0.3) is 0 Å². The van der Waals surface area contributed by atoms with Crippen molar-refractivity contribution in [2.24, 2.45) is 5.92 Å². The summed E-state index contributed by atoms with van der Waals surface area (Å²) >= 11 is 6.07. The molecule has 0 aliphatic heterocycles. The van der Waals surface area contributed by atoms with Crippen molar-refractivity contribution in [1.82, 2.24) is 5.32 Å². The molecule has 0 heterocycles. The van der Waals surface area contributed by atoms with Crippen LogP contribution in [0.3, 0.4) is 0 Å². The molecule has 0 spiro atoms. The van der Waals surface area contributed by atoms with E-state index in [0.717, 1.165) is 38.5 Å². The zero-order chi connectivity index (χ0) is 12.4. The van der Waals surface area contributed by atoms with Gasteiger partial charge in [-0.25, -0.2) is 0 Å². The first kappa shape index (κ1) is 15.8. The van der Waals surface area contributed by atoms with Crippen molar-refractivity contribution in [2.45, 2.75) is 64.7 Å². The first-order chi connectivity index (χ1) is 7.65. The number of amides is 1. The van der Waals surface area contributed by atoms with Crippen LogP contribution in [0.25, 0.3) is 0 Å². The maximum atomic E-state index is 11.9. The van der Waals surface area contributed by atoms with Gasteiger partial charge in [0.15, 0.2) is 0 Å². The normalized spacial score (nSPS) is 12.8. The van der Waals surface area contributed by atoms with E-state index in [1.165, 1.54) is 0 Å². The fraction of sp³-hybridized carbons (Fsp3) is 0.923. The van der Waals surface area contributed by atoms with Crippen molar-refractivity contribution >= 4 is 17.5 Å². The number of alkyl halides is 1. The van der Waals surface area contributed by atoms with Crippen molar-refractivity contribution in [1.29, 1.82) is 0 Å². The van der Waals surface area contributed by atoms with E-state index in [1.54, 1.807) is 0 Å². The Morgan fingerprint density at radius 3 is 2.00 bits per heavy atom. The first-order valence-electron chi connectivity index (χ1n) is 6.57. The summed E-state index contributed by atoms with van der Waals surface area (Å²) < 4.78 is 0. The minimum Gasteiger partial charge on any atom is -0.354 e. The van der Waals surface area contributed by atoms with Gasteiger partial charge < -0.3 is 5.32 Å². The van der Waals surface area contributed by atoms with Crippen molar-refractivity contribution in [3.63, 3.8) is 0 Å². The summed E-state index contributed by atoms with van der Waals surface area (Å²) in [5, 5.41) is 3.05. The Labute approximate surface area is 105 Å². The lowest BCUT2D eigenvalue weighted by atomic mass is 9.97. The lowest BCUT2D eigenvalue weighted by molar-refractivity contribution is -0.125. The molecule has 0 aromatic carbocycles. The zero-order valence-corrected chi connectivity index (χ0v) is 11.6. The average molecular weight is 248 g/mol. The Morgan fingerprint density at radius 2 is 1.56 bits per heavy atom. The van der Waals surface area contributed by atoms with Gasteiger partial charge in [-0.05, 0) is 19.3 Å². The maximum absolute atomic E-state index is 11.9. The van der Waals surface area contributed by atoms with Gasteiger partial charge in [0, 0.05) is 12.5 Å². The smallest absolute Gasteiger partial charge is 0.223 e. The number of hydrogen-bond donors (Lipinski definition) is 1. The van der Waals surface area contributed by atoms with Gasteiger partial charge in [0.05, 0.1) is 5.38 Å². The van der Waals surface area contributed by atoms with Crippen LogP contribution in [0.5, 0.6) is 0 Å². The van der Waals surface area contributed by atoms with E-state index in [2.05, 4.69) is 26.1 Å². The molecule has 1 atom stereocenters. The van der Waals surface area contributed by atoms with Crippen molar-refractivity contribution < 1.29 is 4.79 Å². The summed E-state index contributed by atoms with van der Waals surface area (Å²) in [6.07, 6.45) is 6.14. The molecule has 0 saturated heterocycles. The van der Waals surface area contributed by atoms with Gasteiger partial charge in [-0.1, -0.05) is 40.0 Å². The van der Waals surface area contributed by atoms with E-state index in [-0.39, 0.29) is 17.2 Å². The highest BCUT2D eigenvalue weighted by molar-refractivity contribution is 6.20. The summed E-state index contributed by atoms with van der Waals surface area (Å²) in [5.41, 5.74) is 0. The van der Waals surface area contributed by atoms with Crippen LogP contribution in [0.2, 0.25) is 0 Å². The third-order valence-electron chi connectivity index (χ3n) is 2.74. The predicted molar refractivity (Wildman–Crippen MR) is 70.9 cm³/mol. The molecule has 2 nitrogen and oxygen atoms in total. The Kier molecular flexibility index (Phi) is 9.80. The quantitative estimate of drug-likeness (QED) is 0.618. The molecule has 0 aliphatic rings. The fourth-order valence-electron chi connectivity index (χ4n) is 1.87. The summed E-state index contributed by atoms with van der Waals surface area (Å²) in [6.45, 7) is 6.96. The number of carbonyl (C=O) groups excluding carboxylic acids is 1. The SMILES string of the molecule is CCCC(Cl)CNC(=O)C(CCC)CCC. The Hall–Kier alpha value is -0.240. The molecule has 0 aliphatic carbocycles. The third-order valence-corrected chi connectivity index (χ3v) is 3.12. The molecule has 0 saturated carbocycles. The molecule has 0 fully saturated rings. The second-order valence-electron chi connectivity index (χ2n) is 4.41. The number of halogens is 1. The van der Waals surface area contributed by atoms with Crippen LogP contribution in [0.1, 0.15) is 59.3 Å². The van der Waals surface area contributed by atoms with Crippen molar-refractivity contribution in [3.05, 3.63) is 0 Å². The van der Waals surface area contributed by atoms with Crippen LogP contribution in [-0.4, -0.2) is 17.8 Å². The minimum absolute atomic E-state index is 0.0813. The van der Waals surface area contributed by atoms with Gasteiger partial charge >= 0.3 is 0 Å².